The maximum atomic E-state index is 5.81. The maximum absolute atomic E-state index is 5.81. The van der Waals surface area contributed by atoms with Crippen LogP contribution in [0.4, 0.5) is 0 Å². The number of unbranched alkanes of at least 4 members (excludes halogenated alkanes) is 10. The lowest BCUT2D eigenvalue weighted by atomic mass is 10.00. The van der Waals surface area contributed by atoms with Crippen molar-refractivity contribution < 1.29 is 4.74 Å². The zero-order valence-electron chi connectivity index (χ0n) is 22.0. The Morgan fingerprint density at radius 2 is 1.03 bits per heavy atom. The molecular weight excluding hydrogens is 428 g/mol. The molecule has 35 heavy (non-hydrogen) atoms. The second kappa shape index (κ2) is 16.1. The fourth-order valence-electron chi connectivity index (χ4n) is 4.40. The standard InChI is InChI=1S/C32H44N2O/c1-3-5-7-9-11-13-15-27-16-18-28(19-17-27)29-20-22-30(23-21-29)32-33-25-31(26-34-32)35-24-14-12-10-8-6-4-2/h16-23,25-26H,3-15,24H2,1-2H3. The smallest absolute Gasteiger partial charge is 0.159 e. The van der Waals surface area contributed by atoms with Gasteiger partial charge in [0.05, 0.1) is 19.0 Å². The topological polar surface area (TPSA) is 35.0 Å². The molecule has 0 amide bonds. The SMILES string of the molecule is CCCCCCCCOc1cnc(-c2ccc(-c3ccc(CCCCCCCC)cc3)cc2)nc1. The van der Waals surface area contributed by atoms with Crippen LogP contribution >= 0.6 is 0 Å². The van der Waals surface area contributed by atoms with Gasteiger partial charge in [0.15, 0.2) is 11.6 Å². The van der Waals surface area contributed by atoms with E-state index in [1.54, 1.807) is 12.4 Å². The van der Waals surface area contributed by atoms with Gasteiger partial charge in [-0.1, -0.05) is 127 Å². The van der Waals surface area contributed by atoms with Crippen molar-refractivity contribution in [2.75, 3.05) is 6.61 Å². The highest BCUT2D eigenvalue weighted by atomic mass is 16.5. The van der Waals surface area contributed by atoms with E-state index < -0.39 is 0 Å². The molecule has 0 spiro atoms. The van der Waals surface area contributed by atoms with Crippen LogP contribution in [0.2, 0.25) is 0 Å². The van der Waals surface area contributed by atoms with Crippen LogP contribution in [0.1, 0.15) is 96.5 Å². The monoisotopic (exact) mass is 472 g/mol. The number of ether oxygens (including phenoxy) is 1. The lowest BCUT2D eigenvalue weighted by Crippen LogP contribution is -1.99. The normalized spacial score (nSPS) is 11.0. The van der Waals surface area contributed by atoms with Crippen LogP contribution in [0.25, 0.3) is 22.5 Å². The Hall–Kier alpha value is -2.68. The van der Waals surface area contributed by atoms with E-state index in [-0.39, 0.29) is 0 Å². The van der Waals surface area contributed by atoms with Crippen molar-refractivity contribution in [2.45, 2.75) is 97.3 Å². The molecular formula is C32H44N2O. The Labute approximate surface area is 213 Å². The van der Waals surface area contributed by atoms with Gasteiger partial charge in [0, 0.05) is 5.56 Å². The molecule has 0 atom stereocenters. The molecule has 0 bridgehead atoms. The van der Waals surface area contributed by atoms with Crippen LogP contribution < -0.4 is 4.74 Å². The van der Waals surface area contributed by atoms with Crippen molar-refractivity contribution in [1.82, 2.24) is 9.97 Å². The van der Waals surface area contributed by atoms with Gasteiger partial charge in [0.25, 0.3) is 0 Å². The molecule has 0 aliphatic rings. The molecule has 0 N–H and O–H groups in total. The number of rotatable bonds is 17. The number of hydrogen-bond donors (Lipinski definition) is 0. The van der Waals surface area contributed by atoms with Gasteiger partial charge in [-0.15, -0.1) is 0 Å². The van der Waals surface area contributed by atoms with Gasteiger partial charge in [-0.05, 0) is 36.0 Å². The summed E-state index contributed by atoms with van der Waals surface area (Å²) in [7, 11) is 0. The summed E-state index contributed by atoms with van der Waals surface area (Å²) in [6, 6.07) is 17.6. The molecule has 3 nitrogen and oxygen atoms in total. The summed E-state index contributed by atoms with van der Waals surface area (Å²) in [6.07, 6.45) is 20.4. The first-order valence-electron chi connectivity index (χ1n) is 13.9. The predicted molar refractivity (Wildman–Crippen MR) is 149 cm³/mol. The fraction of sp³-hybridized carbons (Fsp3) is 0.500. The highest BCUT2D eigenvalue weighted by Crippen LogP contribution is 2.24. The van der Waals surface area contributed by atoms with Gasteiger partial charge in [-0.25, -0.2) is 9.97 Å². The first kappa shape index (κ1) is 26.9. The number of aryl methyl sites for hydroxylation is 1. The minimum Gasteiger partial charge on any atom is -0.490 e. The van der Waals surface area contributed by atoms with Crippen LogP contribution in [-0.2, 0) is 6.42 Å². The molecule has 188 valence electrons. The van der Waals surface area contributed by atoms with E-state index >= 15 is 0 Å². The molecule has 2 aromatic carbocycles. The molecule has 1 aromatic heterocycles. The Balaban J connectivity index is 1.43. The van der Waals surface area contributed by atoms with Crippen molar-refractivity contribution in [3.63, 3.8) is 0 Å². The molecule has 1 heterocycles. The quantitative estimate of drug-likeness (QED) is 0.183. The number of nitrogens with zero attached hydrogens (tertiary/aromatic N) is 2. The highest BCUT2D eigenvalue weighted by molar-refractivity contribution is 5.67. The van der Waals surface area contributed by atoms with Crippen molar-refractivity contribution in [1.29, 1.82) is 0 Å². The van der Waals surface area contributed by atoms with Gasteiger partial charge >= 0.3 is 0 Å². The summed E-state index contributed by atoms with van der Waals surface area (Å²) in [5, 5.41) is 0. The second-order valence-electron chi connectivity index (χ2n) is 9.65. The number of aromatic nitrogens is 2. The summed E-state index contributed by atoms with van der Waals surface area (Å²) in [6.45, 7) is 5.26. The van der Waals surface area contributed by atoms with Crippen molar-refractivity contribution in [2.24, 2.45) is 0 Å². The van der Waals surface area contributed by atoms with Crippen molar-refractivity contribution >= 4 is 0 Å². The van der Waals surface area contributed by atoms with Crippen LogP contribution in [0.15, 0.2) is 60.9 Å². The molecule has 3 rings (SSSR count). The molecule has 0 saturated heterocycles. The second-order valence-corrected chi connectivity index (χ2v) is 9.65. The first-order valence-corrected chi connectivity index (χ1v) is 13.9. The van der Waals surface area contributed by atoms with E-state index in [2.05, 4.69) is 72.3 Å². The zero-order valence-corrected chi connectivity index (χ0v) is 22.0. The highest BCUT2D eigenvalue weighted by Gasteiger charge is 2.05. The number of hydrogen-bond acceptors (Lipinski definition) is 3. The minimum absolute atomic E-state index is 0.734. The largest absolute Gasteiger partial charge is 0.490 e. The van der Waals surface area contributed by atoms with Gasteiger partial charge in [-0.2, -0.15) is 0 Å². The summed E-state index contributed by atoms with van der Waals surface area (Å²) >= 11 is 0. The number of benzene rings is 2. The lowest BCUT2D eigenvalue weighted by molar-refractivity contribution is 0.302. The lowest BCUT2D eigenvalue weighted by Gasteiger charge is -2.08. The van der Waals surface area contributed by atoms with Crippen LogP contribution in [-0.4, -0.2) is 16.6 Å². The average Bonchev–Trinajstić information content (AvgIpc) is 2.91. The van der Waals surface area contributed by atoms with E-state index in [0.717, 1.165) is 30.2 Å². The zero-order chi connectivity index (χ0) is 24.6. The van der Waals surface area contributed by atoms with E-state index in [1.807, 2.05) is 0 Å². The van der Waals surface area contributed by atoms with Gasteiger partial charge in [0.1, 0.15) is 0 Å². The molecule has 3 heteroatoms. The van der Waals surface area contributed by atoms with Crippen LogP contribution in [0.3, 0.4) is 0 Å². The summed E-state index contributed by atoms with van der Waals surface area (Å²) in [4.78, 5) is 9.04. The van der Waals surface area contributed by atoms with E-state index in [0.29, 0.717) is 0 Å². The molecule has 3 aromatic rings. The molecule has 0 fully saturated rings. The predicted octanol–water partition coefficient (Wildman–Crippen LogP) is 9.45. The Bertz CT molecular complexity index is 933. The van der Waals surface area contributed by atoms with E-state index in [1.165, 1.54) is 93.7 Å². The average molecular weight is 473 g/mol. The minimum atomic E-state index is 0.734. The molecule has 0 unspecified atom stereocenters. The third-order valence-corrected chi connectivity index (χ3v) is 6.64. The van der Waals surface area contributed by atoms with Crippen molar-refractivity contribution in [3.8, 4) is 28.3 Å². The molecule has 0 saturated carbocycles. The fourth-order valence-corrected chi connectivity index (χ4v) is 4.40. The third-order valence-electron chi connectivity index (χ3n) is 6.64. The van der Waals surface area contributed by atoms with E-state index in [4.69, 9.17) is 4.74 Å². The Morgan fingerprint density at radius 3 is 1.63 bits per heavy atom. The maximum Gasteiger partial charge on any atom is 0.159 e. The van der Waals surface area contributed by atoms with Crippen molar-refractivity contribution in [3.05, 3.63) is 66.5 Å². The molecule has 0 aliphatic heterocycles. The molecule has 0 aliphatic carbocycles. The Morgan fingerprint density at radius 1 is 0.543 bits per heavy atom. The summed E-state index contributed by atoms with van der Waals surface area (Å²) in [5.74, 6) is 1.48. The van der Waals surface area contributed by atoms with Crippen LogP contribution in [0.5, 0.6) is 5.75 Å². The van der Waals surface area contributed by atoms with Gasteiger partial charge < -0.3 is 4.74 Å². The first-order chi connectivity index (χ1) is 17.3. The van der Waals surface area contributed by atoms with Crippen LogP contribution in [0, 0.1) is 0 Å². The van der Waals surface area contributed by atoms with Gasteiger partial charge in [-0.3, -0.25) is 0 Å². The van der Waals surface area contributed by atoms with E-state index in [9.17, 15) is 0 Å². The summed E-state index contributed by atoms with van der Waals surface area (Å²) < 4.78 is 5.81. The molecule has 0 radical (unpaired) electrons. The Kier molecular flexibility index (Phi) is 12.4. The third kappa shape index (κ3) is 9.84. The summed E-state index contributed by atoms with van der Waals surface area (Å²) in [5.41, 5.74) is 4.94. The van der Waals surface area contributed by atoms with Gasteiger partial charge in [0.2, 0.25) is 0 Å².